The van der Waals surface area contributed by atoms with E-state index < -0.39 is 11.5 Å². The Hall–Kier alpha value is -3.24. The van der Waals surface area contributed by atoms with E-state index in [-0.39, 0.29) is 27.9 Å². The van der Waals surface area contributed by atoms with Gasteiger partial charge in [-0.1, -0.05) is 89.5 Å². The highest BCUT2D eigenvalue weighted by atomic mass is 35.5. The summed E-state index contributed by atoms with van der Waals surface area (Å²) in [6.45, 7) is 12.2. The molecule has 0 spiro atoms. The molecule has 4 aromatic rings. The van der Waals surface area contributed by atoms with E-state index in [2.05, 4.69) is 0 Å². The number of aromatic hydroxyl groups is 2. The van der Waals surface area contributed by atoms with Crippen LogP contribution in [-0.2, 0) is 10.8 Å². The second-order valence-corrected chi connectivity index (χ2v) is 11.5. The van der Waals surface area contributed by atoms with E-state index in [4.69, 9.17) is 16.0 Å². The van der Waals surface area contributed by atoms with Crippen molar-refractivity contribution >= 4 is 22.6 Å². The molecule has 5 heteroatoms. The molecule has 2 N–H and O–H groups in total. The molecule has 0 aliphatic heterocycles. The zero-order valence-electron chi connectivity index (χ0n) is 20.9. The fourth-order valence-electron chi connectivity index (χ4n) is 4.55. The van der Waals surface area contributed by atoms with Gasteiger partial charge in [-0.05, 0) is 57.3 Å². The minimum Gasteiger partial charge on any atom is -0.507 e. The second kappa shape index (κ2) is 8.76. The number of para-hydroxylation sites is 1. The van der Waals surface area contributed by atoms with Crippen molar-refractivity contribution in [2.75, 3.05) is 0 Å². The van der Waals surface area contributed by atoms with Crippen LogP contribution in [0.1, 0.15) is 75.3 Å². The highest BCUT2D eigenvalue weighted by Gasteiger charge is 2.32. The lowest BCUT2D eigenvalue weighted by Crippen LogP contribution is -2.20. The van der Waals surface area contributed by atoms with Gasteiger partial charge in [-0.15, -0.1) is 0 Å². The summed E-state index contributed by atoms with van der Waals surface area (Å²) in [5.74, 6) is -0.506. The van der Waals surface area contributed by atoms with Crippen LogP contribution in [0.2, 0.25) is 5.02 Å². The highest BCUT2D eigenvalue weighted by Crippen LogP contribution is 2.45. The summed E-state index contributed by atoms with van der Waals surface area (Å²) in [4.78, 5) is 13.3. The van der Waals surface area contributed by atoms with Crippen molar-refractivity contribution in [3.63, 3.8) is 0 Å². The minimum absolute atomic E-state index is 0.112. The summed E-state index contributed by atoms with van der Waals surface area (Å²) < 4.78 is 5.65. The molecule has 4 nitrogen and oxygen atoms in total. The van der Waals surface area contributed by atoms with Gasteiger partial charge in [0.1, 0.15) is 17.1 Å². The van der Waals surface area contributed by atoms with Gasteiger partial charge in [-0.3, -0.25) is 0 Å². The Balaban J connectivity index is 2.12. The van der Waals surface area contributed by atoms with Crippen molar-refractivity contribution in [2.24, 2.45) is 0 Å². The molecule has 0 radical (unpaired) electrons. The normalized spacial score (nSPS) is 13.2. The SMILES string of the molecule is CC(C)(C)c1cc(C(c2ccc(Cl)cc2)c2c(O)c3ccccc3oc2=O)cc(C(C)(C)C)c1O. The van der Waals surface area contributed by atoms with Gasteiger partial charge in [0, 0.05) is 10.9 Å². The molecule has 1 atom stereocenters. The first-order valence-corrected chi connectivity index (χ1v) is 12.0. The number of hydrogen-bond acceptors (Lipinski definition) is 4. The van der Waals surface area contributed by atoms with Crippen LogP contribution >= 0.6 is 11.6 Å². The van der Waals surface area contributed by atoms with Crippen LogP contribution in [0.5, 0.6) is 11.5 Å². The number of phenolic OH excluding ortho intramolecular Hbond substituents is 1. The van der Waals surface area contributed by atoms with E-state index in [1.807, 2.05) is 65.8 Å². The molecule has 0 amide bonds. The van der Waals surface area contributed by atoms with Gasteiger partial charge in [-0.25, -0.2) is 4.79 Å². The van der Waals surface area contributed by atoms with Crippen molar-refractivity contribution in [3.8, 4) is 11.5 Å². The quantitative estimate of drug-likeness (QED) is 0.289. The molecule has 1 unspecified atom stereocenters. The maximum atomic E-state index is 13.3. The van der Waals surface area contributed by atoms with Gasteiger partial charge in [0.25, 0.3) is 0 Å². The van der Waals surface area contributed by atoms with Gasteiger partial charge in [0.05, 0.1) is 10.9 Å². The third-order valence-electron chi connectivity index (χ3n) is 6.39. The van der Waals surface area contributed by atoms with Crippen molar-refractivity contribution in [3.05, 3.63) is 104 Å². The summed E-state index contributed by atoms with van der Waals surface area (Å²) in [6, 6.07) is 18.0. The minimum atomic E-state index is -0.643. The van der Waals surface area contributed by atoms with Crippen LogP contribution in [0, 0.1) is 0 Å². The molecular weight excluding hydrogens is 460 g/mol. The maximum absolute atomic E-state index is 13.3. The summed E-state index contributed by atoms with van der Waals surface area (Å²) in [7, 11) is 0. The van der Waals surface area contributed by atoms with Crippen LogP contribution in [0.3, 0.4) is 0 Å². The lowest BCUT2D eigenvalue weighted by atomic mass is 9.75. The zero-order valence-corrected chi connectivity index (χ0v) is 21.7. The molecule has 4 rings (SSSR count). The smallest absolute Gasteiger partial charge is 0.344 e. The Labute approximate surface area is 210 Å². The fourth-order valence-corrected chi connectivity index (χ4v) is 4.68. The predicted octanol–water partition coefficient (Wildman–Crippen LogP) is 7.63. The molecular formula is C30H31ClO4. The van der Waals surface area contributed by atoms with Crippen LogP contribution in [0.4, 0.5) is 0 Å². The summed E-state index contributed by atoms with van der Waals surface area (Å²) in [5, 5.41) is 23.6. The Morgan fingerprint density at radius 3 is 1.86 bits per heavy atom. The van der Waals surface area contributed by atoms with E-state index in [1.54, 1.807) is 36.4 Å². The highest BCUT2D eigenvalue weighted by molar-refractivity contribution is 6.30. The largest absolute Gasteiger partial charge is 0.507 e. The molecule has 1 aromatic heterocycles. The Morgan fingerprint density at radius 1 is 0.771 bits per heavy atom. The van der Waals surface area contributed by atoms with Crippen LogP contribution in [-0.4, -0.2) is 10.2 Å². The Bertz CT molecular complexity index is 1420. The predicted molar refractivity (Wildman–Crippen MR) is 142 cm³/mol. The number of phenols is 1. The van der Waals surface area contributed by atoms with Gasteiger partial charge in [0.15, 0.2) is 0 Å². The lowest BCUT2D eigenvalue weighted by molar-refractivity contribution is 0.422. The average Bonchev–Trinajstić information content (AvgIpc) is 2.76. The summed E-state index contributed by atoms with van der Waals surface area (Å²) in [6.07, 6.45) is 0. The standard InChI is InChI=1S/C30H31ClO4/c1-29(2,3)21-15-18(16-22(27(21)33)30(4,5)6)24(17-11-13-19(31)14-12-17)25-26(32)20-9-7-8-10-23(20)35-28(25)34/h7-16,24,32-33H,1-6H3. The molecule has 35 heavy (non-hydrogen) atoms. The van der Waals surface area contributed by atoms with E-state index in [1.165, 1.54) is 0 Å². The summed E-state index contributed by atoms with van der Waals surface area (Å²) >= 11 is 6.18. The maximum Gasteiger partial charge on any atom is 0.344 e. The van der Waals surface area contributed by atoms with Gasteiger partial charge in [0.2, 0.25) is 0 Å². The number of benzene rings is 3. The molecule has 0 saturated heterocycles. The molecule has 3 aromatic carbocycles. The second-order valence-electron chi connectivity index (χ2n) is 11.1. The van der Waals surface area contributed by atoms with Crippen LogP contribution in [0.25, 0.3) is 11.0 Å². The van der Waals surface area contributed by atoms with Crippen molar-refractivity contribution in [1.29, 1.82) is 0 Å². The topological polar surface area (TPSA) is 70.7 Å². The summed E-state index contributed by atoms with van der Waals surface area (Å²) in [5.41, 5.74) is 2.23. The molecule has 0 bridgehead atoms. The third kappa shape index (κ3) is 4.68. The molecule has 0 aliphatic rings. The number of halogens is 1. The third-order valence-corrected chi connectivity index (χ3v) is 6.65. The molecule has 1 heterocycles. The van der Waals surface area contributed by atoms with E-state index >= 15 is 0 Å². The molecule has 0 saturated carbocycles. The van der Waals surface area contributed by atoms with Gasteiger partial charge >= 0.3 is 5.63 Å². The number of rotatable bonds is 3. The Morgan fingerprint density at radius 2 is 1.31 bits per heavy atom. The first kappa shape index (κ1) is 24.9. The monoisotopic (exact) mass is 490 g/mol. The number of hydrogen-bond donors (Lipinski definition) is 2. The lowest BCUT2D eigenvalue weighted by Gasteiger charge is -2.30. The van der Waals surface area contributed by atoms with E-state index in [0.717, 1.165) is 22.3 Å². The number of fused-ring (bicyclic) bond motifs is 1. The average molecular weight is 491 g/mol. The first-order chi connectivity index (χ1) is 16.3. The molecule has 0 fully saturated rings. The first-order valence-electron chi connectivity index (χ1n) is 11.7. The van der Waals surface area contributed by atoms with E-state index in [9.17, 15) is 15.0 Å². The zero-order chi connectivity index (χ0) is 25.7. The molecule has 0 aliphatic carbocycles. The van der Waals surface area contributed by atoms with Crippen molar-refractivity contribution in [1.82, 2.24) is 0 Å². The fraction of sp³-hybridized carbons (Fsp3) is 0.300. The van der Waals surface area contributed by atoms with E-state index in [0.29, 0.717) is 16.0 Å². The molecule has 182 valence electrons. The van der Waals surface area contributed by atoms with Crippen LogP contribution in [0.15, 0.2) is 69.9 Å². The Kier molecular flexibility index (Phi) is 6.23. The van der Waals surface area contributed by atoms with Gasteiger partial charge in [-0.2, -0.15) is 0 Å². The van der Waals surface area contributed by atoms with Crippen LogP contribution < -0.4 is 5.63 Å². The van der Waals surface area contributed by atoms with Gasteiger partial charge < -0.3 is 14.6 Å². The van der Waals surface area contributed by atoms with Crippen molar-refractivity contribution < 1.29 is 14.6 Å². The van der Waals surface area contributed by atoms with Crippen molar-refractivity contribution in [2.45, 2.75) is 58.3 Å².